The second-order valence-electron chi connectivity index (χ2n) is 9.61. The first-order chi connectivity index (χ1) is 15.7. The van der Waals surface area contributed by atoms with Crippen LogP contribution >= 0.6 is 0 Å². The van der Waals surface area contributed by atoms with Crippen LogP contribution in [0, 0.1) is 6.92 Å². The highest BCUT2D eigenvalue weighted by atomic mass is 16.5. The molecule has 5 nitrogen and oxygen atoms in total. The summed E-state index contributed by atoms with van der Waals surface area (Å²) in [5, 5.41) is 2.99. The number of para-hydroxylation sites is 1. The lowest BCUT2D eigenvalue weighted by atomic mass is 9.86. The largest absolute Gasteiger partial charge is 0.483 e. The van der Waals surface area contributed by atoms with Gasteiger partial charge in [-0.05, 0) is 42.4 Å². The van der Waals surface area contributed by atoms with Crippen LogP contribution in [0.25, 0.3) is 0 Å². The van der Waals surface area contributed by atoms with Crippen molar-refractivity contribution in [1.29, 1.82) is 0 Å². The molecule has 0 radical (unpaired) electrons. The smallest absolute Gasteiger partial charge is 0.261 e. The van der Waals surface area contributed by atoms with Crippen molar-refractivity contribution in [3.8, 4) is 5.75 Å². The molecule has 0 saturated heterocycles. The highest BCUT2D eigenvalue weighted by Crippen LogP contribution is 2.31. The van der Waals surface area contributed by atoms with Crippen molar-refractivity contribution in [3.05, 3.63) is 65.2 Å². The van der Waals surface area contributed by atoms with Gasteiger partial charge in [0.2, 0.25) is 5.91 Å². The fraction of sp³-hybridized carbons (Fsp3) is 0.500. The van der Waals surface area contributed by atoms with Crippen LogP contribution in [-0.4, -0.2) is 35.9 Å². The number of nitrogens with zero attached hydrogens (tertiary/aromatic N) is 1. The molecule has 2 amide bonds. The standard InChI is InChI=1S/C28H40N2O3/c1-7-9-18-29-27(32)24(8-2)30(19-22-16-14-21(3)15-17-22)26(31)20-33-25-13-11-10-12-23(25)28(4,5)6/h10-17,24H,7-9,18-20H2,1-6H3,(H,29,32)/t24-/m1/s1. The molecule has 0 bridgehead atoms. The number of hydrogen-bond donors (Lipinski definition) is 1. The second kappa shape index (κ2) is 12.4. The van der Waals surface area contributed by atoms with Crippen molar-refractivity contribution < 1.29 is 14.3 Å². The Labute approximate surface area is 199 Å². The second-order valence-corrected chi connectivity index (χ2v) is 9.61. The lowest BCUT2D eigenvalue weighted by Gasteiger charge is -2.31. The monoisotopic (exact) mass is 452 g/mol. The molecular formula is C28H40N2O3. The molecule has 5 heteroatoms. The normalized spacial score (nSPS) is 12.2. The van der Waals surface area contributed by atoms with Crippen molar-refractivity contribution in [1.82, 2.24) is 10.2 Å². The molecule has 0 fully saturated rings. The van der Waals surface area contributed by atoms with Gasteiger partial charge in [-0.1, -0.05) is 89.1 Å². The molecular weight excluding hydrogens is 412 g/mol. The third-order valence-electron chi connectivity index (χ3n) is 5.74. The molecule has 2 aromatic rings. The fourth-order valence-electron chi connectivity index (χ4n) is 3.75. The first kappa shape index (κ1) is 26.4. The summed E-state index contributed by atoms with van der Waals surface area (Å²) in [6.07, 6.45) is 2.46. The van der Waals surface area contributed by atoms with E-state index in [0.717, 1.165) is 29.5 Å². The van der Waals surface area contributed by atoms with Gasteiger partial charge in [-0.15, -0.1) is 0 Å². The highest BCUT2D eigenvalue weighted by Gasteiger charge is 2.29. The Morgan fingerprint density at radius 2 is 1.70 bits per heavy atom. The minimum atomic E-state index is -0.544. The maximum atomic E-state index is 13.4. The summed E-state index contributed by atoms with van der Waals surface area (Å²) in [6.45, 7) is 13.3. The van der Waals surface area contributed by atoms with Gasteiger partial charge in [-0.2, -0.15) is 0 Å². The van der Waals surface area contributed by atoms with Crippen LogP contribution in [0.5, 0.6) is 5.75 Å². The summed E-state index contributed by atoms with van der Waals surface area (Å²) >= 11 is 0. The topological polar surface area (TPSA) is 58.6 Å². The molecule has 0 spiro atoms. The minimum absolute atomic E-state index is 0.105. The number of amides is 2. The number of ether oxygens (including phenoxy) is 1. The Balaban J connectivity index is 2.23. The van der Waals surface area contributed by atoms with Gasteiger partial charge >= 0.3 is 0 Å². The Hall–Kier alpha value is -2.82. The van der Waals surface area contributed by atoms with E-state index >= 15 is 0 Å². The van der Waals surface area contributed by atoms with E-state index in [0.29, 0.717) is 25.3 Å². The average Bonchev–Trinajstić information content (AvgIpc) is 2.78. The van der Waals surface area contributed by atoms with Crippen LogP contribution in [-0.2, 0) is 21.5 Å². The van der Waals surface area contributed by atoms with E-state index in [1.165, 1.54) is 0 Å². The number of rotatable bonds is 11. The number of carbonyl (C=O) groups excluding carboxylic acids is 2. The van der Waals surface area contributed by atoms with Crippen molar-refractivity contribution in [2.75, 3.05) is 13.2 Å². The quantitative estimate of drug-likeness (QED) is 0.465. The average molecular weight is 453 g/mol. The molecule has 2 aromatic carbocycles. The molecule has 1 N–H and O–H groups in total. The van der Waals surface area contributed by atoms with Gasteiger partial charge in [0.05, 0.1) is 0 Å². The summed E-state index contributed by atoms with van der Waals surface area (Å²) in [6, 6.07) is 15.3. The third-order valence-corrected chi connectivity index (χ3v) is 5.74. The molecule has 0 aromatic heterocycles. The van der Waals surface area contributed by atoms with E-state index in [1.54, 1.807) is 4.90 Å². The zero-order valence-corrected chi connectivity index (χ0v) is 21.1. The number of carbonyl (C=O) groups is 2. The molecule has 0 saturated carbocycles. The Morgan fingerprint density at radius 1 is 1.03 bits per heavy atom. The van der Waals surface area contributed by atoms with E-state index in [1.807, 2.05) is 62.4 Å². The molecule has 33 heavy (non-hydrogen) atoms. The maximum absolute atomic E-state index is 13.4. The summed E-state index contributed by atoms with van der Waals surface area (Å²) in [7, 11) is 0. The zero-order valence-electron chi connectivity index (χ0n) is 21.1. The molecule has 0 heterocycles. The van der Waals surface area contributed by atoms with Crippen molar-refractivity contribution >= 4 is 11.8 Å². The Morgan fingerprint density at radius 3 is 2.30 bits per heavy atom. The Bertz CT molecular complexity index is 900. The van der Waals surface area contributed by atoms with E-state index in [9.17, 15) is 9.59 Å². The number of aryl methyl sites for hydroxylation is 1. The first-order valence-corrected chi connectivity index (χ1v) is 12.0. The van der Waals surface area contributed by atoms with Gasteiger partial charge in [0, 0.05) is 13.1 Å². The summed E-state index contributed by atoms with van der Waals surface area (Å²) in [4.78, 5) is 28.0. The van der Waals surface area contributed by atoms with Gasteiger partial charge < -0.3 is 15.0 Å². The van der Waals surface area contributed by atoms with Gasteiger partial charge in [0.1, 0.15) is 11.8 Å². The molecule has 0 aliphatic rings. The number of nitrogens with one attached hydrogen (secondary N) is 1. The van der Waals surface area contributed by atoms with Crippen LogP contribution in [0.15, 0.2) is 48.5 Å². The maximum Gasteiger partial charge on any atom is 0.261 e. The van der Waals surface area contributed by atoms with Crippen molar-refractivity contribution in [2.45, 2.75) is 78.8 Å². The van der Waals surface area contributed by atoms with E-state index in [-0.39, 0.29) is 23.8 Å². The summed E-state index contributed by atoms with van der Waals surface area (Å²) < 4.78 is 6.01. The minimum Gasteiger partial charge on any atom is -0.483 e. The summed E-state index contributed by atoms with van der Waals surface area (Å²) in [5.74, 6) is 0.396. The van der Waals surface area contributed by atoms with Gasteiger partial charge in [-0.3, -0.25) is 9.59 Å². The molecule has 0 aliphatic carbocycles. The van der Waals surface area contributed by atoms with Crippen LogP contribution < -0.4 is 10.1 Å². The predicted octanol–water partition coefficient (Wildman–Crippen LogP) is 5.40. The van der Waals surface area contributed by atoms with E-state index in [2.05, 4.69) is 33.0 Å². The van der Waals surface area contributed by atoms with Crippen LogP contribution in [0.3, 0.4) is 0 Å². The predicted molar refractivity (Wildman–Crippen MR) is 134 cm³/mol. The lowest BCUT2D eigenvalue weighted by Crippen LogP contribution is -2.50. The van der Waals surface area contributed by atoms with E-state index in [4.69, 9.17) is 4.74 Å². The van der Waals surface area contributed by atoms with Crippen molar-refractivity contribution in [2.24, 2.45) is 0 Å². The molecule has 2 rings (SSSR count). The molecule has 180 valence electrons. The highest BCUT2D eigenvalue weighted by molar-refractivity contribution is 5.88. The lowest BCUT2D eigenvalue weighted by molar-refractivity contribution is -0.143. The number of benzene rings is 2. The fourth-order valence-corrected chi connectivity index (χ4v) is 3.75. The summed E-state index contributed by atoms with van der Waals surface area (Å²) in [5.41, 5.74) is 3.09. The van der Waals surface area contributed by atoms with Gasteiger partial charge in [-0.25, -0.2) is 0 Å². The van der Waals surface area contributed by atoms with Gasteiger partial charge in [0.15, 0.2) is 6.61 Å². The van der Waals surface area contributed by atoms with Crippen LogP contribution in [0.2, 0.25) is 0 Å². The molecule has 1 atom stereocenters. The van der Waals surface area contributed by atoms with Gasteiger partial charge in [0.25, 0.3) is 5.91 Å². The zero-order chi connectivity index (χ0) is 24.4. The molecule has 0 aliphatic heterocycles. The van der Waals surface area contributed by atoms with Crippen LogP contribution in [0.1, 0.15) is 70.6 Å². The SMILES string of the molecule is CCCCNC(=O)[C@@H](CC)N(Cc1ccc(C)cc1)C(=O)COc1ccccc1C(C)(C)C. The first-order valence-electron chi connectivity index (χ1n) is 12.0. The third kappa shape index (κ3) is 7.92. The number of hydrogen-bond acceptors (Lipinski definition) is 3. The van der Waals surface area contributed by atoms with Crippen LogP contribution in [0.4, 0.5) is 0 Å². The van der Waals surface area contributed by atoms with Crippen molar-refractivity contribution in [3.63, 3.8) is 0 Å². The molecule has 0 unspecified atom stereocenters. The number of unbranched alkanes of at least 4 members (excludes halogenated alkanes) is 1. The van der Waals surface area contributed by atoms with E-state index < -0.39 is 6.04 Å². The Kier molecular flexibility index (Phi) is 9.95.